The van der Waals surface area contributed by atoms with E-state index in [-0.39, 0.29) is 5.91 Å². The van der Waals surface area contributed by atoms with Gasteiger partial charge in [-0.3, -0.25) is 4.79 Å². The zero-order chi connectivity index (χ0) is 17.6. The van der Waals surface area contributed by atoms with Crippen molar-refractivity contribution >= 4 is 35.0 Å². The molecule has 1 amide bonds. The lowest BCUT2D eigenvalue weighted by molar-refractivity contribution is -0.115. The molecule has 0 bridgehead atoms. The zero-order valence-electron chi connectivity index (χ0n) is 13.9. The van der Waals surface area contributed by atoms with Gasteiger partial charge in [0.2, 0.25) is 11.1 Å². The van der Waals surface area contributed by atoms with E-state index in [9.17, 15) is 4.79 Å². The van der Waals surface area contributed by atoms with E-state index < -0.39 is 0 Å². The number of tetrazole rings is 1. The minimum absolute atomic E-state index is 0.104. The summed E-state index contributed by atoms with van der Waals surface area (Å²) in [5.74, 6) is 1.07. The van der Waals surface area contributed by atoms with Gasteiger partial charge in [-0.05, 0) is 41.5 Å². The molecule has 1 aliphatic carbocycles. The Morgan fingerprint density at radius 2 is 2.24 bits per heavy atom. The molecule has 2 aromatic rings. The molecular formula is C16H20ClN5O2S. The standard InChI is InChI=1S/C16H20ClN5O2S/c1-24-14-7-6-11(17)10-13(14)18-15(23)8-9-25-16-19-20-21-22(16)12-4-2-3-5-12/h6-7,10,12H,2-5,8-9H2,1H3,(H,18,23). The van der Waals surface area contributed by atoms with Crippen LogP contribution in [0.5, 0.6) is 5.75 Å². The van der Waals surface area contributed by atoms with Gasteiger partial charge < -0.3 is 10.1 Å². The van der Waals surface area contributed by atoms with Crippen molar-refractivity contribution in [3.63, 3.8) is 0 Å². The van der Waals surface area contributed by atoms with E-state index in [1.165, 1.54) is 24.6 Å². The predicted molar refractivity (Wildman–Crippen MR) is 97.3 cm³/mol. The predicted octanol–water partition coefficient (Wildman–Crippen LogP) is 3.57. The van der Waals surface area contributed by atoms with Crippen LogP contribution in [0.3, 0.4) is 0 Å². The zero-order valence-corrected chi connectivity index (χ0v) is 15.5. The van der Waals surface area contributed by atoms with E-state index in [1.807, 2.05) is 4.68 Å². The molecule has 3 rings (SSSR count). The molecule has 9 heteroatoms. The average molecular weight is 382 g/mol. The molecule has 0 atom stereocenters. The second-order valence-electron chi connectivity index (χ2n) is 5.84. The van der Waals surface area contributed by atoms with Gasteiger partial charge in [-0.25, -0.2) is 4.68 Å². The third-order valence-electron chi connectivity index (χ3n) is 4.13. The van der Waals surface area contributed by atoms with E-state index in [4.69, 9.17) is 16.3 Å². The second-order valence-corrected chi connectivity index (χ2v) is 7.33. The number of nitrogens with zero attached hydrogens (tertiary/aromatic N) is 4. The first-order valence-electron chi connectivity index (χ1n) is 8.21. The summed E-state index contributed by atoms with van der Waals surface area (Å²) in [5.41, 5.74) is 0.570. The van der Waals surface area contributed by atoms with Crippen LogP contribution in [0.15, 0.2) is 23.4 Å². The van der Waals surface area contributed by atoms with Crippen molar-refractivity contribution in [2.75, 3.05) is 18.2 Å². The van der Waals surface area contributed by atoms with Crippen LogP contribution in [0, 0.1) is 0 Å². The number of carbonyl (C=O) groups excluding carboxylic acids is 1. The molecule has 134 valence electrons. The lowest BCUT2D eigenvalue weighted by atomic mass is 10.3. The maximum atomic E-state index is 12.2. The van der Waals surface area contributed by atoms with Crippen molar-refractivity contribution < 1.29 is 9.53 Å². The van der Waals surface area contributed by atoms with Crippen molar-refractivity contribution in [1.82, 2.24) is 20.2 Å². The minimum atomic E-state index is -0.104. The Labute approximate surface area is 155 Å². The van der Waals surface area contributed by atoms with Crippen LogP contribution in [0.25, 0.3) is 0 Å². The molecule has 0 aliphatic heterocycles. The smallest absolute Gasteiger partial charge is 0.225 e. The molecule has 0 saturated heterocycles. The number of rotatable bonds is 7. The summed E-state index contributed by atoms with van der Waals surface area (Å²) < 4.78 is 7.13. The van der Waals surface area contributed by atoms with Crippen LogP contribution in [0.1, 0.15) is 38.1 Å². The lowest BCUT2D eigenvalue weighted by Crippen LogP contribution is -2.13. The number of methoxy groups -OCH3 is 1. The van der Waals surface area contributed by atoms with E-state index in [0.717, 1.165) is 18.0 Å². The summed E-state index contributed by atoms with van der Waals surface area (Å²) in [6.45, 7) is 0. The van der Waals surface area contributed by atoms with Gasteiger partial charge in [0.05, 0.1) is 18.8 Å². The van der Waals surface area contributed by atoms with Crippen LogP contribution in [-0.2, 0) is 4.79 Å². The molecule has 1 heterocycles. The molecule has 0 unspecified atom stereocenters. The first-order chi connectivity index (χ1) is 12.2. The van der Waals surface area contributed by atoms with Crippen LogP contribution in [0.2, 0.25) is 5.02 Å². The first kappa shape index (κ1) is 18.0. The highest BCUT2D eigenvalue weighted by molar-refractivity contribution is 7.99. The molecule has 7 nitrogen and oxygen atoms in total. The van der Waals surface area contributed by atoms with Gasteiger partial charge in [0.15, 0.2) is 0 Å². The number of thioether (sulfide) groups is 1. The maximum Gasteiger partial charge on any atom is 0.225 e. The number of ether oxygens (including phenoxy) is 1. The molecule has 1 saturated carbocycles. The molecule has 25 heavy (non-hydrogen) atoms. The topological polar surface area (TPSA) is 81.9 Å². The van der Waals surface area contributed by atoms with Crippen LogP contribution < -0.4 is 10.1 Å². The molecule has 0 spiro atoms. The van der Waals surface area contributed by atoms with Crippen molar-refractivity contribution in [2.45, 2.75) is 43.3 Å². The van der Waals surface area contributed by atoms with E-state index >= 15 is 0 Å². The van der Waals surface area contributed by atoms with Gasteiger partial charge in [0.25, 0.3) is 0 Å². The van der Waals surface area contributed by atoms with Gasteiger partial charge in [0, 0.05) is 17.2 Å². The number of halogens is 1. The van der Waals surface area contributed by atoms with Gasteiger partial charge in [-0.15, -0.1) is 5.10 Å². The van der Waals surface area contributed by atoms with E-state index in [2.05, 4.69) is 20.8 Å². The summed E-state index contributed by atoms with van der Waals surface area (Å²) in [6, 6.07) is 5.51. The average Bonchev–Trinajstić information content (AvgIpc) is 3.26. The molecular weight excluding hydrogens is 362 g/mol. The number of carbonyl (C=O) groups is 1. The normalized spacial score (nSPS) is 14.6. The SMILES string of the molecule is COc1ccc(Cl)cc1NC(=O)CCSc1nnnn1C1CCCC1. The molecule has 1 aliphatic rings. The Morgan fingerprint density at radius 3 is 3.00 bits per heavy atom. The summed E-state index contributed by atoms with van der Waals surface area (Å²) >= 11 is 7.47. The monoisotopic (exact) mass is 381 g/mol. The lowest BCUT2D eigenvalue weighted by Gasteiger charge is -2.11. The Balaban J connectivity index is 1.52. The fraction of sp³-hybridized carbons (Fsp3) is 0.500. The second kappa shape index (κ2) is 8.53. The highest BCUT2D eigenvalue weighted by Crippen LogP contribution is 2.31. The molecule has 1 fully saturated rings. The third kappa shape index (κ3) is 4.64. The number of hydrogen-bond acceptors (Lipinski definition) is 6. The van der Waals surface area contributed by atoms with Crippen LogP contribution >= 0.6 is 23.4 Å². The van der Waals surface area contributed by atoms with E-state index in [0.29, 0.717) is 34.7 Å². The fourth-order valence-electron chi connectivity index (χ4n) is 2.88. The van der Waals surface area contributed by atoms with Crippen LogP contribution in [-0.4, -0.2) is 39.0 Å². The highest BCUT2D eigenvalue weighted by Gasteiger charge is 2.21. The largest absolute Gasteiger partial charge is 0.495 e. The highest BCUT2D eigenvalue weighted by atomic mass is 35.5. The molecule has 1 aromatic carbocycles. The first-order valence-corrected chi connectivity index (χ1v) is 9.58. The molecule has 1 N–H and O–H groups in total. The van der Waals surface area contributed by atoms with Crippen molar-refractivity contribution in [2.24, 2.45) is 0 Å². The third-order valence-corrected chi connectivity index (χ3v) is 5.30. The van der Waals surface area contributed by atoms with Crippen molar-refractivity contribution in [3.8, 4) is 5.75 Å². The Hall–Kier alpha value is -1.80. The summed E-state index contributed by atoms with van der Waals surface area (Å²) in [5, 5.41) is 16.1. The Kier molecular flexibility index (Phi) is 6.14. The number of anilines is 1. The van der Waals surface area contributed by atoms with Crippen molar-refractivity contribution in [3.05, 3.63) is 23.2 Å². The van der Waals surface area contributed by atoms with E-state index in [1.54, 1.807) is 25.3 Å². The summed E-state index contributed by atoms with van der Waals surface area (Å²) in [6.07, 6.45) is 5.02. The number of benzene rings is 1. The molecule has 1 aromatic heterocycles. The number of amides is 1. The van der Waals surface area contributed by atoms with Crippen molar-refractivity contribution in [1.29, 1.82) is 0 Å². The summed E-state index contributed by atoms with van der Waals surface area (Å²) in [4.78, 5) is 12.2. The summed E-state index contributed by atoms with van der Waals surface area (Å²) in [7, 11) is 1.55. The van der Waals surface area contributed by atoms with Crippen LogP contribution in [0.4, 0.5) is 5.69 Å². The quantitative estimate of drug-likeness (QED) is 0.738. The Bertz CT molecular complexity index is 733. The number of aromatic nitrogens is 4. The maximum absolute atomic E-state index is 12.2. The minimum Gasteiger partial charge on any atom is -0.495 e. The Morgan fingerprint density at radius 1 is 1.44 bits per heavy atom. The van der Waals surface area contributed by atoms with Gasteiger partial charge >= 0.3 is 0 Å². The fourth-order valence-corrected chi connectivity index (χ4v) is 3.94. The van der Waals surface area contributed by atoms with Gasteiger partial charge in [0.1, 0.15) is 5.75 Å². The number of nitrogens with one attached hydrogen (secondary N) is 1. The molecule has 0 radical (unpaired) electrons. The van der Waals surface area contributed by atoms with Gasteiger partial charge in [-0.2, -0.15) is 0 Å². The van der Waals surface area contributed by atoms with Gasteiger partial charge in [-0.1, -0.05) is 36.2 Å². The number of hydrogen-bond donors (Lipinski definition) is 1.